The molecule has 1 saturated carbocycles. The lowest BCUT2D eigenvalue weighted by molar-refractivity contribution is -0.114. The van der Waals surface area contributed by atoms with E-state index in [1.807, 2.05) is 6.08 Å². The van der Waals surface area contributed by atoms with Gasteiger partial charge in [-0.3, -0.25) is 4.79 Å². The van der Waals surface area contributed by atoms with Gasteiger partial charge in [-0.15, -0.1) is 0 Å². The average Bonchev–Trinajstić information content (AvgIpc) is 2.96. The topological polar surface area (TPSA) is 17.1 Å². The predicted octanol–water partition coefficient (Wildman–Crippen LogP) is 5.64. The Bertz CT molecular complexity index is 774. The summed E-state index contributed by atoms with van der Waals surface area (Å²) in [5.41, 5.74) is 6.96. The normalized spacial score (nSPS) is 17.8. The molecule has 2 aromatic carbocycles. The molecule has 24 heavy (non-hydrogen) atoms. The van der Waals surface area contributed by atoms with E-state index in [9.17, 15) is 4.79 Å². The number of carbonyl (C=O) groups is 1. The van der Waals surface area contributed by atoms with Crippen LogP contribution >= 0.6 is 0 Å². The second-order valence-electron chi connectivity index (χ2n) is 6.34. The summed E-state index contributed by atoms with van der Waals surface area (Å²) < 4.78 is 0. The van der Waals surface area contributed by atoms with Crippen LogP contribution < -0.4 is 0 Å². The molecule has 3 rings (SSSR count). The summed E-state index contributed by atoms with van der Waals surface area (Å²) in [7, 11) is 0. The molecule has 0 spiro atoms. The van der Waals surface area contributed by atoms with E-state index in [0.29, 0.717) is 6.42 Å². The van der Waals surface area contributed by atoms with E-state index >= 15 is 0 Å². The molecule has 0 atom stereocenters. The quantitative estimate of drug-likeness (QED) is 0.667. The summed E-state index contributed by atoms with van der Waals surface area (Å²) in [6.07, 6.45) is 7.76. The first-order valence-electron chi connectivity index (χ1n) is 8.83. The Hall–Kier alpha value is -2.41. The highest BCUT2D eigenvalue weighted by atomic mass is 16.1. The largest absolute Gasteiger partial charge is 0.294 e. The Morgan fingerprint density at radius 1 is 0.750 bits per heavy atom. The Morgan fingerprint density at radius 3 is 1.75 bits per heavy atom. The Morgan fingerprint density at radius 2 is 1.25 bits per heavy atom. The zero-order valence-electron chi connectivity index (χ0n) is 14.5. The molecule has 0 radical (unpaired) electrons. The number of hydrogen-bond acceptors (Lipinski definition) is 1. The van der Waals surface area contributed by atoms with E-state index in [1.165, 1.54) is 16.7 Å². The SMILES string of the molecule is CCc1ccc(C=C2CCC(=O)C2=Cc2ccc(CC)cc2)cc1. The van der Waals surface area contributed by atoms with Gasteiger partial charge in [0.2, 0.25) is 0 Å². The van der Waals surface area contributed by atoms with Gasteiger partial charge in [0.05, 0.1) is 0 Å². The van der Waals surface area contributed by atoms with E-state index in [4.69, 9.17) is 0 Å². The molecule has 1 heteroatoms. The van der Waals surface area contributed by atoms with E-state index in [1.54, 1.807) is 0 Å². The first-order chi connectivity index (χ1) is 11.7. The first kappa shape index (κ1) is 16.4. The van der Waals surface area contributed by atoms with Gasteiger partial charge in [-0.1, -0.05) is 68.5 Å². The summed E-state index contributed by atoms with van der Waals surface area (Å²) in [5, 5.41) is 0. The van der Waals surface area contributed by atoms with Gasteiger partial charge >= 0.3 is 0 Å². The second kappa shape index (κ2) is 7.44. The van der Waals surface area contributed by atoms with Crippen molar-refractivity contribution in [1.29, 1.82) is 0 Å². The molecule has 0 heterocycles. The van der Waals surface area contributed by atoms with Crippen molar-refractivity contribution in [3.63, 3.8) is 0 Å². The summed E-state index contributed by atoms with van der Waals surface area (Å²) in [6, 6.07) is 17.1. The number of hydrogen-bond donors (Lipinski definition) is 0. The van der Waals surface area contributed by atoms with Gasteiger partial charge in [-0.05, 0) is 53.2 Å². The third-order valence-corrected chi connectivity index (χ3v) is 4.70. The van der Waals surface area contributed by atoms with Crippen molar-refractivity contribution in [2.24, 2.45) is 0 Å². The molecule has 0 unspecified atom stereocenters. The fourth-order valence-corrected chi connectivity index (χ4v) is 3.09. The first-order valence-corrected chi connectivity index (χ1v) is 8.83. The van der Waals surface area contributed by atoms with Crippen LogP contribution in [0.15, 0.2) is 59.7 Å². The number of rotatable bonds is 4. The molecule has 0 aromatic heterocycles. The highest BCUT2D eigenvalue weighted by Gasteiger charge is 2.22. The Balaban J connectivity index is 1.90. The van der Waals surface area contributed by atoms with Crippen molar-refractivity contribution in [1.82, 2.24) is 0 Å². The summed E-state index contributed by atoms with van der Waals surface area (Å²) in [4.78, 5) is 12.3. The number of carbonyl (C=O) groups excluding carboxylic acids is 1. The highest BCUT2D eigenvalue weighted by Crippen LogP contribution is 2.31. The monoisotopic (exact) mass is 316 g/mol. The zero-order valence-corrected chi connectivity index (χ0v) is 14.5. The molecule has 122 valence electrons. The molecule has 0 bridgehead atoms. The third kappa shape index (κ3) is 3.73. The number of Topliss-reactive ketones (excluding diaryl/α,β-unsaturated/α-hetero) is 1. The molecule has 0 amide bonds. The van der Waals surface area contributed by atoms with Gasteiger partial charge in [-0.2, -0.15) is 0 Å². The maximum Gasteiger partial charge on any atom is 0.163 e. The van der Waals surface area contributed by atoms with Crippen LogP contribution in [0.1, 0.15) is 48.9 Å². The van der Waals surface area contributed by atoms with Crippen molar-refractivity contribution in [2.75, 3.05) is 0 Å². The van der Waals surface area contributed by atoms with Crippen molar-refractivity contribution in [3.8, 4) is 0 Å². The molecule has 1 nitrogen and oxygen atoms in total. The second-order valence-corrected chi connectivity index (χ2v) is 6.34. The van der Waals surface area contributed by atoms with E-state index in [2.05, 4.69) is 68.5 Å². The summed E-state index contributed by atoms with van der Waals surface area (Å²) >= 11 is 0. The lowest BCUT2D eigenvalue weighted by Gasteiger charge is -2.03. The Kier molecular flexibility index (Phi) is 5.10. The number of benzene rings is 2. The number of allylic oxidation sites excluding steroid dienone is 2. The molecule has 0 saturated heterocycles. The maximum absolute atomic E-state index is 12.3. The van der Waals surface area contributed by atoms with E-state index in [-0.39, 0.29) is 5.78 Å². The fourth-order valence-electron chi connectivity index (χ4n) is 3.09. The Labute approximate surface area is 144 Å². The number of ketones is 1. The van der Waals surface area contributed by atoms with Crippen LogP contribution in [-0.2, 0) is 17.6 Å². The molecular formula is C23H24O. The third-order valence-electron chi connectivity index (χ3n) is 4.70. The van der Waals surface area contributed by atoms with Crippen LogP contribution in [0.4, 0.5) is 0 Å². The van der Waals surface area contributed by atoms with Crippen LogP contribution in [0.3, 0.4) is 0 Å². The van der Waals surface area contributed by atoms with Crippen LogP contribution in [0, 0.1) is 0 Å². The molecule has 1 fully saturated rings. The molecule has 0 aliphatic heterocycles. The molecule has 0 N–H and O–H groups in total. The van der Waals surface area contributed by atoms with Crippen molar-refractivity contribution in [3.05, 3.63) is 81.9 Å². The van der Waals surface area contributed by atoms with Gasteiger partial charge in [-0.25, -0.2) is 0 Å². The molecule has 1 aliphatic carbocycles. The van der Waals surface area contributed by atoms with Gasteiger partial charge in [0.15, 0.2) is 5.78 Å². The van der Waals surface area contributed by atoms with Crippen molar-refractivity contribution >= 4 is 17.9 Å². The fraction of sp³-hybridized carbons (Fsp3) is 0.261. The van der Waals surface area contributed by atoms with Crippen molar-refractivity contribution in [2.45, 2.75) is 39.5 Å². The van der Waals surface area contributed by atoms with E-state index < -0.39 is 0 Å². The van der Waals surface area contributed by atoms with Gasteiger partial charge in [0.1, 0.15) is 0 Å². The lowest BCUT2D eigenvalue weighted by Crippen LogP contribution is -1.93. The van der Waals surface area contributed by atoms with E-state index in [0.717, 1.165) is 36.0 Å². The van der Waals surface area contributed by atoms with Crippen LogP contribution in [0.2, 0.25) is 0 Å². The predicted molar refractivity (Wildman–Crippen MR) is 102 cm³/mol. The van der Waals surface area contributed by atoms with Gasteiger partial charge < -0.3 is 0 Å². The van der Waals surface area contributed by atoms with Crippen LogP contribution in [-0.4, -0.2) is 5.78 Å². The van der Waals surface area contributed by atoms with Gasteiger partial charge in [0.25, 0.3) is 0 Å². The van der Waals surface area contributed by atoms with Crippen LogP contribution in [0.5, 0.6) is 0 Å². The van der Waals surface area contributed by atoms with Crippen LogP contribution in [0.25, 0.3) is 12.2 Å². The minimum atomic E-state index is 0.256. The number of aryl methyl sites for hydroxylation is 2. The molecule has 1 aliphatic rings. The summed E-state index contributed by atoms with van der Waals surface area (Å²) in [5.74, 6) is 0.256. The molecular weight excluding hydrogens is 292 g/mol. The minimum absolute atomic E-state index is 0.256. The van der Waals surface area contributed by atoms with Crippen molar-refractivity contribution < 1.29 is 4.79 Å². The average molecular weight is 316 g/mol. The zero-order chi connectivity index (χ0) is 16.9. The standard InChI is InChI=1S/C23H24O/c1-3-17-5-9-19(10-6-17)15-21-13-14-23(24)22(21)16-20-11-7-18(4-2)8-12-20/h5-12,15-16H,3-4,13-14H2,1-2H3. The molecule has 2 aromatic rings. The smallest absolute Gasteiger partial charge is 0.163 e. The summed E-state index contributed by atoms with van der Waals surface area (Å²) in [6.45, 7) is 4.31. The maximum atomic E-state index is 12.3. The minimum Gasteiger partial charge on any atom is -0.294 e. The highest BCUT2D eigenvalue weighted by molar-refractivity contribution is 6.08. The van der Waals surface area contributed by atoms with Gasteiger partial charge in [0, 0.05) is 12.0 Å². The lowest BCUT2D eigenvalue weighted by atomic mass is 10.0.